The van der Waals surface area contributed by atoms with Crippen LogP contribution < -0.4 is 4.74 Å². The van der Waals surface area contributed by atoms with E-state index in [1.54, 1.807) is 0 Å². The molecule has 0 N–H and O–H groups in total. The molecule has 4 heteroatoms. The molecule has 0 atom stereocenters. The number of nitrogens with zero attached hydrogens (tertiary/aromatic N) is 1. The third-order valence-electron chi connectivity index (χ3n) is 1.27. The van der Waals surface area contributed by atoms with E-state index >= 15 is 0 Å². The van der Waals surface area contributed by atoms with Gasteiger partial charge in [0.15, 0.2) is 0 Å². The Labute approximate surface area is 74.3 Å². The van der Waals surface area contributed by atoms with Crippen molar-refractivity contribution in [1.82, 2.24) is 4.98 Å². The van der Waals surface area contributed by atoms with Crippen LogP contribution in [0.2, 0.25) is 0 Å². The van der Waals surface area contributed by atoms with Crippen LogP contribution in [-0.2, 0) is 4.74 Å². The fraction of sp³-hybridized carbons (Fsp3) is 0.250. The van der Waals surface area contributed by atoms with E-state index in [0.29, 0.717) is 0 Å². The van der Waals surface area contributed by atoms with Crippen molar-refractivity contribution >= 4 is 5.97 Å². The summed E-state index contributed by atoms with van der Waals surface area (Å²) in [7, 11) is -1.45. The van der Waals surface area contributed by atoms with Crippen molar-refractivity contribution in [3.63, 3.8) is 0 Å². The molecule has 0 radical (unpaired) electrons. The largest absolute Gasteiger partial charge is 0.480 e. The molecule has 0 aliphatic carbocycles. The molecule has 0 aromatic carbocycles. The summed E-state index contributed by atoms with van der Waals surface area (Å²) in [6.07, 6.45) is 1.33. The molecule has 0 aliphatic heterocycles. The number of aromatic nitrogens is 1. The highest BCUT2D eigenvalue weighted by Gasteiger charge is 2.11. The Morgan fingerprint density at radius 1 is 1.75 bits per heavy atom. The molecule has 0 saturated carbocycles. The molecule has 0 fully saturated rings. The van der Waals surface area contributed by atoms with Gasteiger partial charge in [0.1, 0.15) is 5.56 Å². The minimum atomic E-state index is -2.64. The molecule has 64 valence electrons. The van der Waals surface area contributed by atoms with Gasteiger partial charge < -0.3 is 9.47 Å². The number of hydrogen-bond acceptors (Lipinski definition) is 4. The Morgan fingerprint density at radius 2 is 2.58 bits per heavy atom. The van der Waals surface area contributed by atoms with E-state index in [4.69, 9.17) is 4.11 Å². The standard InChI is InChI=1S/C8H9NO3/c1-11-7-6(8(10)12-2)4-3-5-9-7/h3-5H,1-2H3/i1D3. The Kier molecular flexibility index (Phi) is 1.59. The van der Waals surface area contributed by atoms with E-state index in [0.717, 1.165) is 0 Å². The first-order valence-electron chi connectivity index (χ1n) is 4.66. The fourth-order valence-electron chi connectivity index (χ4n) is 0.737. The number of pyridine rings is 1. The average molecular weight is 170 g/mol. The van der Waals surface area contributed by atoms with Crippen LogP contribution in [0.5, 0.6) is 5.88 Å². The van der Waals surface area contributed by atoms with Gasteiger partial charge in [-0.15, -0.1) is 0 Å². The predicted molar refractivity (Wildman–Crippen MR) is 42.1 cm³/mol. The second-order valence-electron chi connectivity index (χ2n) is 1.95. The lowest BCUT2D eigenvalue weighted by molar-refractivity contribution is 0.0596. The molecule has 1 heterocycles. The third-order valence-corrected chi connectivity index (χ3v) is 1.27. The lowest BCUT2D eigenvalue weighted by Crippen LogP contribution is -2.04. The van der Waals surface area contributed by atoms with Crippen molar-refractivity contribution < 1.29 is 18.4 Å². The summed E-state index contributed by atoms with van der Waals surface area (Å²) in [4.78, 5) is 14.8. The number of rotatable bonds is 2. The van der Waals surface area contributed by atoms with Crippen molar-refractivity contribution in [2.24, 2.45) is 0 Å². The van der Waals surface area contributed by atoms with Crippen LogP contribution in [0, 0.1) is 0 Å². The van der Waals surface area contributed by atoms with Crippen molar-refractivity contribution in [3.8, 4) is 5.88 Å². The molecule has 12 heavy (non-hydrogen) atoms. The summed E-state index contributed by atoms with van der Waals surface area (Å²) in [5.74, 6) is -0.952. The average Bonchev–Trinajstić information content (AvgIpc) is 2.15. The lowest BCUT2D eigenvalue weighted by atomic mass is 10.3. The quantitative estimate of drug-likeness (QED) is 0.618. The number of carbonyl (C=O) groups is 1. The number of carbonyl (C=O) groups excluding carboxylic acids is 1. The zero-order chi connectivity index (χ0) is 11.5. The zero-order valence-corrected chi connectivity index (χ0v) is 6.40. The molecule has 0 spiro atoms. The second kappa shape index (κ2) is 3.71. The first-order chi connectivity index (χ1) is 6.94. The van der Waals surface area contributed by atoms with Gasteiger partial charge in [0, 0.05) is 6.20 Å². The Bertz CT molecular complexity index is 364. The van der Waals surface area contributed by atoms with Gasteiger partial charge in [-0.3, -0.25) is 0 Å². The van der Waals surface area contributed by atoms with E-state index in [1.807, 2.05) is 0 Å². The maximum absolute atomic E-state index is 11.2. The van der Waals surface area contributed by atoms with E-state index < -0.39 is 13.0 Å². The maximum atomic E-state index is 11.2. The monoisotopic (exact) mass is 170 g/mol. The van der Waals surface area contributed by atoms with Crippen molar-refractivity contribution in [3.05, 3.63) is 23.9 Å². The molecule has 1 aromatic heterocycles. The van der Waals surface area contributed by atoms with E-state index in [1.165, 1.54) is 25.4 Å². The molecule has 1 rings (SSSR count). The summed E-state index contributed by atoms with van der Waals surface area (Å²) < 4.78 is 29.6. The van der Waals surface area contributed by atoms with Crippen molar-refractivity contribution in [1.29, 1.82) is 0 Å². The molecule has 0 amide bonds. The minimum absolute atomic E-state index is 0.0175. The van der Waals surface area contributed by atoms with E-state index in [-0.39, 0.29) is 11.4 Å². The van der Waals surface area contributed by atoms with Gasteiger partial charge in [0.2, 0.25) is 5.88 Å². The van der Waals surface area contributed by atoms with Crippen molar-refractivity contribution in [2.75, 3.05) is 14.1 Å². The highest BCUT2D eigenvalue weighted by Crippen LogP contribution is 2.13. The van der Waals surface area contributed by atoms with Crippen LogP contribution in [0.1, 0.15) is 14.5 Å². The Balaban J connectivity index is 3.02. The molecule has 1 aromatic rings. The maximum Gasteiger partial charge on any atom is 0.343 e. The lowest BCUT2D eigenvalue weighted by Gasteiger charge is -2.03. The summed E-state index contributed by atoms with van der Waals surface area (Å²) in [6, 6.07) is 2.86. The number of ether oxygens (including phenoxy) is 2. The van der Waals surface area contributed by atoms with E-state index in [2.05, 4.69) is 14.5 Å². The topological polar surface area (TPSA) is 48.4 Å². The highest BCUT2D eigenvalue weighted by molar-refractivity contribution is 5.91. The van der Waals surface area contributed by atoms with Crippen molar-refractivity contribution in [2.45, 2.75) is 0 Å². The van der Waals surface area contributed by atoms with Crippen LogP contribution in [0.4, 0.5) is 0 Å². The first-order valence-corrected chi connectivity index (χ1v) is 3.16. The molecular formula is C8H9NO3. The number of methoxy groups -OCH3 is 2. The summed E-state index contributed by atoms with van der Waals surface area (Å²) in [5.41, 5.74) is -0.0175. The smallest absolute Gasteiger partial charge is 0.343 e. The zero-order valence-electron chi connectivity index (χ0n) is 9.40. The second-order valence-corrected chi connectivity index (χ2v) is 1.95. The molecule has 0 unspecified atom stereocenters. The van der Waals surface area contributed by atoms with Crippen LogP contribution >= 0.6 is 0 Å². The van der Waals surface area contributed by atoms with Gasteiger partial charge in [-0.05, 0) is 12.1 Å². The predicted octanol–water partition coefficient (Wildman–Crippen LogP) is 0.877. The van der Waals surface area contributed by atoms with Gasteiger partial charge in [-0.1, -0.05) is 0 Å². The van der Waals surface area contributed by atoms with Gasteiger partial charge in [-0.2, -0.15) is 0 Å². The van der Waals surface area contributed by atoms with Crippen LogP contribution in [0.25, 0.3) is 0 Å². The molecular weight excluding hydrogens is 158 g/mol. The summed E-state index contributed by atoms with van der Waals surface area (Å²) in [6.45, 7) is 0. The van der Waals surface area contributed by atoms with Crippen LogP contribution in [0.15, 0.2) is 18.3 Å². The van der Waals surface area contributed by atoms with Crippen LogP contribution in [-0.4, -0.2) is 25.1 Å². The summed E-state index contributed by atoms with van der Waals surface area (Å²) in [5, 5.41) is 0. The SMILES string of the molecule is [2H]C([2H])([2H])Oc1ncccc1C(=O)OC. The van der Waals surface area contributed by atoms with E-state index in [9.17, 15) is 4.79 Å². The normalized spacial score (nSPS) is 13.9. The van der Waals surface area contributed by atoms with Gasteiger partial charge in [0.25, 0.3) is 0 Å². The molecule has 4 nitrogen and oxygen atoms in total. The van der Waals surface area contributed by atoms with Gasteiger partial charge in [-0.25, -0.2) is 9.78 Å². The number of esters is 1. The highest BCUT2D eigenvalue weighted by atomic mass is 16.5. The molecule has 0 aliphatic rings. The fourth-order valence-corrected chi connectivity index (χ4v) is 0.737. The molecule has 0 saturated heterocycles. The Morgan fingerprint density at radius 3 is 3.25 bits per heavy atom. The van der Waals surface area contributed by atoms with Gasteiger partial charge >= 0.3 is 5.97 Å². The van der Waals surface area contributed by atoms with Gasteiger partial charge in [0.05, 0.1) is 18.3 Å². The number of hydrogen-bond donors (Lipinski definition) is 0. The molecule has 0 bridgehead atoms. The Hall–Kier alpha value is -1.58. The first kappa shape index (κ1) is 5.13. The summed E-state index contributed by atoms with van der Waals surface area (Å²) >= 11 is 0. The third kappa shape index (κ3) is 1.53. The van der Waals surface area contributed by atoms with Crippen LogP contribution in [0.3, 0.4) is 0 Å². The minimum Gasteiger partial charge on any atom is -0.480 e.